The van der Waals surface area contributed by atoms with Crippen molar-refractivity contribution in [2.75, 3.05) is 7.11 Å². The van der Waals surface area contributed by atoms with Gasteiger partial charge in [0, 0.05) is 0 Å². The van der Waals surface area contributed by atoms with Crippen LogP contribution in [0.5, 0.6) is 5.75 Å². The zero-order chi connectivity index (χ0) is 14.6. The number of ether oxygens (including phenoxy) is 1. The SMILES string of the molecule is COc1cccc(C(C)(C=O)Cc2ccccc2C)c1. The van der Waals surface area contributed by atoms with Crippen molar-refractivity contribution in [2.24, 2.45) is 0 Å². The van der Waals surface area contributed by atoms with Gasteiger partial charge in [-0.05, 0) is 49.1 Å². The van der Waals surface area contributed by atoms with Gasteiger partial charge in [-0.1, -0.05) is 36.4 Å². The van der Waals surface area contributed by atoms with E-state index in [4.69, 9.17) is 4.74 Å². The maximum absolute atomic E-state index is 11.7. The van der Waals surface area contributed by atoms with E-state index in [0.29, 0.717) is 6.42 Å². The van der Waals surface area contributed by atoms with E-state index in [9.17, 15) is 4.79 Å². The number of hydrogen-bond acceptors (Lipinski definition) is 2. The summed E-state index contributed by atoms with van der Waals surface area (Å²) < 4.78 is 5.25. The van der Waals surface area contributed by atoms with Crippen molar-refractivity contribution in [1.82, 2.24) is 0 Å². The molecule has 0 aliphatic heterocycles. The Morgan fingerprint density at radius 3 is 2.55 bits per heavy atom. The highest BCUT2D eigenvalue weighted by molar-refractivity contribution is 5.69. The van der Waals surface area contributed by atoms with E-state index < -0.39 is 5.41 Å². The first kappa shape index (κ1) is 14.3. The average molecular weight is 268 g/mol. The smallest absolute Gasteiger partial charge is 0.130 e. The number of rotatable bonds is 5. The summed E-state index contributed by atoms with van der Waals surface area (Å²) in [6.45, 7) is 4.05. The molecule has 20 heavy (non-hydrogen) atoms. The molecule has 0 aliphatic rings. The van der Waals surface area contributed by atoms with E-state index in [-0.39, 0.29) is 0 Å². The molecule has 0 radical (unpaired) electrons. The number of benzene rings is 2. The normalized spacial score (nSPS) is 13.6. The van der Waals surface area contributed by atoms with E-state index in [1.165, 1.54) is 11.1 Å². The molecule has 0 spiro atoms. The van der Waals surface area contributed by atoms with E-state index in [1.54, 1.807) is 7.11 Å². The molecule has 1 atom stereocenters. The Labute approximate surface area is 120 Å². The van der Waals surface area contributed by atoms with Gasteiger partial charge in [0.2, 0.25) is 0 Å². The maximum Gasteiger partial charge on any atom is 0.130 e. The minimum absolute atomic E-state index is 0.541. The van der Waals surface area contributed by atoms with Gasteiger partial charge in [-0.15, -0.1) is 0 Å². The molecule has 2 aromatic rings. The van der Waals surface area contributed by atoms with Gasteiger partial charge in [-0.3, -0.25) is 0 Å². The topological polar surface area (TPSA) is 26.3 Å². The van der Waals surface area contributed by atoms with Crippen LogP contribution in [0.3, 0.4) is 0 Å². The van der Waals surface area contributed by atoms with Gasteiger partial charge >= 0.3 is 0 Å². The molecule has 0 aromatic heterocycles. The summed E-state index contributed by atoms with van der Waals surface area (Å²) in [6, 6.07) is 15.9. The molecular formula is C18H20O2. The Bertz CT molecular complexity index is 604. The second kappa shape index (κ2) is 5.91. The van der Waals surface area contributed by atoms with E-state index in [0.717, 1.165) is 17.6 Å². The molecule has 2 heteroatoms. The zero-order valence-corrected chi connectivity index (χ0v) is 12.2. The summed E-state index contributed by atoms with van der Waals surface area (Å²) >= 11 is 0. The van der Waals surface area contributed by atoms with E-state index in [1.807, 2.05) is 43.3 Å². The molecule has 0 N–H and O–H groups in total. The number of hydrogen-bond donors (Lipinski definition) is 0. The summed E-state index contributed by atoms with van der Waals surface area (Å²) in [7, 11) is 1.64. The fourth-order valence-corrected chi connectivity index (χ4v) is 2.39. The number of methoxy groups -OCH3 is 1. The Hall–Kier alpha value is -2.09. The van der Waals surface area contributed by atoms with Crippen LogP contribution < -0.4 is 4.74 Å². The number of aldehydes is 1. The lowest BCUT2D eigenvalue weighted by Crippen LogP contribution is -2.27. The molecule has 0 amide bonds. The van der Waals surface area contributed by atoms with Crippen LogP contribution in [-0.2, 0) is 16.6 Å². The lowest BCUT2D eigenvalue weighted by atomic mass is 9.78. The summed E-state index contributed by atoms with van der Waals surface area (Å²) in [4.78, 5) is 11.7. The average Bonchev–Trinajstić information content (AvgIpc) is 2.49. The molecular weight excluding hydrogens is 248 g/mol. The fourth-order valence-electron chi connectivity index (χ4n) is 2.39. The molecule has 104 valence electrons. The summed E-state index contributed by atoms with van der Waals surface area (Å²) in [5, 5.41) is 0. The molecule has 0 bridgehead atoms. The van der Waals surface area contributed by atoms with Gasteiger partial charge in [-0.2, -0.15) is 0 Å². The highest BCUT2D eigenvalue weighted by Gasteiger charge is 2.27. The van der Waals surface area contributed by atoms with Crippen LogP contribution in [0.2, 0.25) is 0 Å². The number of carbonyl (C=O) groups excluding carboxylic acids is 1. The summed E-state index contributed by atoms with van der Waals surface area (Å²) in [5.74, 6) is 0.778. The standard InChI is InChI=1S/C18H20O2/c1-14-7-4-5-8-15(14)12-18(2,13-19)16-9-6-10-17(11-16)20-3/h4-11,13H,12H2,1-3H3. The minimum atomic E-state index is -0.541. The predicted octanol–water partition coefficient (Wildman–Crippen LogP) is 3.70. The lowest BCUT2D eigenvalue weighted by Gasteiger charge is -2.25. The molecule has 2 aromatic carbocycles. The Balaban J connectivity index is 2.38. The van der Waals surface area contributed by atoms with Crippen LogP contribution in [0.4, 0.5) is 0 Å². The van der Waals surface area contributed by atoms with Crippen LogP contribution >= 0.6 is 0 Å². The van der Waals surface area contributed by atoms with Gasteiger partial charge in [0.25, 0.3) is 0 Å². The van der Waals surface area contributed by atoms with Gasteiger partial charge in [0.15, 0.2) is 0 Å². The van der Waals surface area contributed by atoms with Crippen molar-refractivity contribution in [3.05, 3.63) is 65.2 Å². The van der Waals surface area contributed by atoms with Crippen LogP contribution in [0.1, 0.15) is 23.6 Å². The highest BCUT2D eigenvalue weighted by Crippen LogP contribution is 2.29. The molecule has 0 aliphatic carbocycles. The molecule has 2 rings (SSSR count). The third-order valence-electron chi connectivity index (χ3n) is 3.81. The van der Waals surface area contributed by atoms with Crippen LogP contribution in [-0.4, -0.2) is 13.4 Å². The van der Waals surface area contributed by atoms with Crippen LogP contribution in [0, 0.1) is 6.92 Å². The molecule has 0 saturated heterocycles. The van der Waals surface area contributed by atoms with E-state index in [2.05, 4.69) is 19.1 Å². The highest BCUT2D eigenvalue weighted by atomic mass is 16.5. The van der Waals surface area contributed by atoms with Crippen molar-refractivity contribution in [3.63, 3.8) is 0 Å². The Morgan fingerprint density at radius 2 is 1.90 bits per heavy atom. The van der Waals surface area contributed by atoms with Crippen molar-refractivity contribution >= 4 is 6.29 Å². The quantitative estimate of drug-likeness (QED) is 0.773. The molecule has 2 nitrogen and oxygen atoms in total. The van der Waals surface area contributed by atoms with Gasteiger partial charge in [0.1, 0.15) is 12.0 Å². The van der Waals surface area contributed by atoms with Gasteiger partial charge < -0.3 is 9.53 Å². The molecule has 0 fully saturated rings. The first-order valence-corrected chi connectivity index (χ1v) is 6.74. The molecule has 0 heterocycles. The van der Waals surface area contributed by atoms with Crippen molar-refractivity contribution in [2.45, 2.75) is 25.7 Å². The molecule has 1 unspecified atom stereocenters. The second-order valence-electron chi connectivity index (χ2n) is 5.37. The van der Waals surface area contributed by atoms with Gasteiger partial charge in [0.05, 0.1) is 12.5 Å². The molecule has 0 saturated carbocycles. The van der Waals surface area contributed by atoms with Crippen LogP contribution in [0.25, 0.3) is 0 Å². The van der Waals surface area contributed by atoms with Gasteiger partial charge in [-0.25, -0.2) is 0 Å². The first-order chi connectivity index (χ1) is 9.59. The third-order valence-corrected chi connectivity index (χ3v) is 3.81. The number of aryl methyl sites for hydroxylation is 1. The summed E-state index contributed by atoms with van der Waals surface area (Å²) in [6.07, 6.45) is 1.73. The fraction of sp³-hybridized carbons (Fsp3) is 0.278. The lowest BCUT2D eigenvalue weighted by molar-refractivity contribution is -0.112. The third kappa shape index (κ3) is 2.90. The zero-order valence-electron chi connectivity index (χ0n) is 12.2. The minimum Gasteiger partial charge on any atom is -0.497 e. The van der Waals surface area contributed by atoms with Crippen molar-refractivity contribution < 1.29 is 9.53 Å². The van der Waals surface area contributed by atoms with Crippen molar-refractivity contribution in [3.8, 4) is 5.75 Å². The maximum atomic E-state index is 11.7. The first-order valence-electron chi connectivity index (χ1n) is 6.74. The number of carbonyl (C=O) groups is 1. The second-order valence-corrected chi connectivity index (χ2v) is 5.37. The monoisotopic (exact) mass is 268 g/mol. The largest absolute Gasteiger partial charge is 0.497 e. The Kier molecular flexibility index (Phi) is 4.23. The van der Waals surface area contributed by atoms with E-state index >= 15 is 0 Å². The summed E-state index contributed by atoms with van der Waals surface area (Å²) in [5.41, 5.74) is 2.85. The Morgan fingerprint density at radius 1 is 1.15 bits per heavy atom. The predicted molar refractivity (Wildman–Crippen MR) is 81.3 cm³/mol. The van der Waals surface area contributed by atoms with Crippen LogP contribution in [0.15, 0.2) is 48.5 Å². The van der Waals surface area contributed by atoms with Crippen molar-refractivity contribution in [1.29, 1.82) is 0 Å².